The van der Waals surface area contributed by atoms with Gasteiger partial charge in [0.2, 0.25) is 11.8 Å². The van der Waals surface area contributed by atoms with Crippen molar-refractivity contribution in [1.29, 1.82) is 0 Å². The fourth-order valence-corrected chi connectivity index (χ4v) is 6.66. The van der Waals surface area contributed by atoms with Gasteiger partial charge in [0.1, 0.15) is 23.2 Å². The normalized spacial score (nSPS) is 30.6. The lowest BCUT2D eigenvalue weighted by Gasteiger charge is -2.30. The second kappa shape index (κ2) is 12.7. The lowest BCUT2D eigenvalue weighted by Crippen LogP contribution is -2.56. The van der Waals surface area contributed by atoms with Crippen molar-refractivity contribution >= 4 is 23.9 Å². The predicted molar refractivity (Wildman–Crippen MR) is 161 cm³/mol. The number of hydrogen-bond acceptors (Lipinski definition) is 7. The van der Waals surface area contributed by atoms with E-state index >= 15 is 0 Å². The smallest absolute Gasteiger partial charge is 0.408 e. The minimum atomic E-state index is -1.12. The standard InChI is InChI=1S/C33H46N4O6/c1-5-42-30(40)33-18-24(33)15-9-7-6-8-10-16-26(34-31(41)43-32(2,3)4)29(39)37-21-25(17-27(37)28(38)35-33)36-19-22-13-11-12-14-23(22)20-36/h9,11-15,24-27H,5-8,10,16-21H2,1-4H3,(H,34,41)(H,35,38)/b15-9-/t24-,25-,26+,27+,33-/m1/s1. The summed E-state index contributed by atoms with van der Waals surface area (Å²) in [5, 5.41) is 5.86. The number of amides is 3. The number of fused-ring (bicyclic) bond motifs is 3. The molecule has 1 aromatic carbocycles. The molecule has 0 unspecified atom stereocenters. The number of allylic oxidation sites excluding steroid dienone is 1. The molecule has 0 bridgehead atoms. The molecule has 2 fully saturated rings. The Bertz CT molecular complexity index is 1230. The van der Waals surface area contributed by atoms with E-state index in [2.05, 4.69) is 33.7 Å². The Balaban J connectivity index is 1.42. The van der Waals surface area contributed by atoms with Crippen molar-refractivity contribution in [3.05, 3.63) is 47.5 Å². The molecule has 10 heteroatoms. The van der Waals surface area contributed by atoms with Crippen molar-refractivity contribution in [1.82, 2.24) is 20.4 Å². The van der Waals surface area contributed by atoms with Gasteiger partial charge >= 0.3 is 12.1 Å². The number of ether oxygens (including phenoxy) is 2. The monoisotopic (exact) mass is 594 g/mol. The van der Waals surface area contributed by atoms with Crippen LogP contribution in [0.4, 0.5) is 4.79 Å². The molecule has 10 nitrogen and oxygen atoms in total. The van der Waals surface area contributed by atoms with Gasteiger partial charge in [-0.05, 0) is 70.9 Å². The number of carbonyl (C=O) groups excluding carboxylic acids is 4. The zero-order valence-corrected chi connectivity index (χ0v) is 25.9. The third-order valence-electron chi connectivity index (χ3n) is 8.97. The minimum absolute atomic E-state index is 0.0541. The molecule has 0 aromatic heterocycles. The highest BCUT2D eigenvalue weighted by molar-refractivity contribution is 5.96. The molecule has 0 radical (unpaired) electrons. The van der Waals surface area contributed by atoms with Crippen molar-refractivity contribution in [3.63, 3.8) is 0 Å². The number of carbonyl (C=O) groups is 4. The molecule has 43 heavy (non-hydrogen) atoms. The molecule has 1 saturated heterocycles. The molecule has 4 aliphatic rings. The molecule has 234 valence electrons. The van der Waals surface area contributed by atoms with E-state index in [1.807, 2.05) is 18.2 Å². The Morgan fingerprint density at radius 2 is 1.81 bits per heavy atom. The van der Waals surface area contributed by atoms with Crippen LogP contribution in [0.25, 0.3) is 0 Å². The molecule has 1 aliphatic carbocycles. The van der Waals surface area contributed by atoms with Crippen molar-refractivity contribution in [3.8, 4) is 0 Å². The Morgan fingerprint density at radius 1 is 1.09 bits per heavy atom. The second-order valence-corrected chi connectivity index (χ2v) is 13.3. The van der Waals surface area contributed by atoms with Crippen LogP contribution < -0.4 is 10.6 Å². The molecule has 5 atom stereocenters. The van der Waals surface area contributed by atoms with E-state index in [-0.39, 0.29) is 30.4 Å². The van der Waals surface area contributed by atoms with Crippen LogP contribution in [-0.2, 0) is 36.9 Å². The lowest BCUT2D eigenvalue weighted by atomic mass is 10.0. The summed E-state index contributed by atoms with van der Waals surface area (Å²) >= 11 is 0. The Labute approximate surface area is 254 Å². The molecule has 3 aliphatic heterocycles. The molecule has 3 heterocycles. The van der Waals surface area contributed by atoms with Gasteiger partial charge in [0, 0.05) is 31.6 Å². The van der Waals surface area contributed by atoms with E-state index < -0.39 is 35.3 Å². The summed E-state index contributed by atoms with van der Waals surface area (Å²) < 4.78 is 10.9. The largest absolute Gasteiger partial charge is 0.464 e. The first-order valence-electron chi connectivity index (χ1n) is 15.8. The molecular weight excluding hydrogens is 548 g/mol. The summed E-state index contributed by atoms with van der Waals surface area (Å²) in [5.41, 5.74) is 0.671. The third kappa shape index (κ3) is 7.06. The van der Waals surface area contributed by atoms with Crippen LogP contribution in [0.2, 0.25) is 0 Å². The third-order valence-corrected chi connectivity index (χ3v) is 8.97. The van der Waals surface area contributed by atoms with Crippen LogP contribution in [0.15, 0.2) is 36.4 Å². The average Bonchev–Trinajstić information content (AvgIpc) is 3.27. The number of benzene rings is 1. The van der Waals surface area contributed by atoms with Crippen molar-refractivity contribution in [2.75, 3.05) is 13.2 Å². The number of nitrogens with one attached hydrogen (secondary N) is 2. The molecule has 0 spiro atoms. The topological polar surface area (TPSA) is 117 Å². The van der Waals surface area contributed by atoms with E-state index in [4.69, 9.17) is 9.47 Å². The molecule has 3 amide bonds. The molecule has 2 N–H and O–H groups in total. The fourth-order valence-electron chi connectivity index (χ4n) is 6.66. The molecule has 1 saturated carbocycles. The SMILES string of the molecule is CCOC(=O)[C@@]12C[C@H]1/C=C\CCCCC[C@H](NC(=O)OC(C)(C)C)C(=O)N1C[C@H](N3Cc4ccccc4C3)C[C@H]1C(=O)N2. The molecule has 5 rings (SSSR count). The minimum Gasteiger partial charge on any atom is -0.464 e. The quantitative estimate of drug-likeness (QED) is 0.402. The molecule has 1 aromatic rings. The van der Waals surface area contributed by atoms with Gasteiger partial charge in [0.15, 0.2) is 0 Å². The van der Waals surface area contributed by atoms with E-state index in [0.29, 0.717) is 25.8 Å². The first kappa shape index (κ1) is 31.0. The fraction of sp³-hybridized carbons (Fsp3) is 0.636. The second-order valence-electron chi connectivity index (χ2n) is 13.3. The number of alkyl carbamates (subject to hydrolysis) is 1. The zero-order valence-electron chi connectivity index (χ0n) is 25.9. The van der Waals surface area contributed by atoms with Crippen LogP contribution in [0, 0.1) is 5.92 Å². The van der Waals surface area contributed by atoms with Gasteiger partial charge < -0.3 is 25.0 Å². The maximum Gasteiger partial charge on any atom is 0.408 e. The predicted octanol–water partition coefficient (Wildman–Crippen LogP) is 3.82. The molecular formula is C33H46N4O6. The van der Waals surface area contributed by atoms with Crippen LogP contribution >= 0.6 is 0 Å². The maximum absolute atomic E-state index is 14.3. The van der Waals surface area contributed by atoms with E-state index in [1.54, 1.807) is 32.6 Å². The summed E-state index contributed by atoms with van der Waals surface area (Å²) in [6.07, 6.45) is 8.16. The van der Waals surface area contributed by atoms with Crippen molar-refractivity contribution in [2.24, 2.45) is 5.92 Å². The van der Waals surface area contributed by atoms with Crippen LogP contribution in [0.3, 0.4) is 0 Å². The van der Waals surface area contributed by atoms with Gasteiger partial charge in [0.05, 0.1) is 6.61 Å². The van der Waals surface area contributed by atoms with Gasteiger partial charge in [-0.3, -0.25) is 14.5 Å². The first-order chi connectivity index (χ1) is 20.5. The number of hydrogen-bond donors (Lipinski definition) is 2. The Hall–Kier alpha value is -3.40. The first-order valence-corrected chi connectivity index (χ1v) is 15.8. The lowest BCUT2D eigenvalue weighted by molar-refractivity contribution is -0.150. The summed E-state index contributed by atoms with van der Waals surface area (Å²) in [6, 6.07) is 6.62. The van der Waals surface area contributed by atoms with Crippen LogP contribution in [0.1, 0.15) is 83.8 Å². The van der Waals surface area contributed by atoms with E-state index in [0.717, 1.165) is 38.8 Å². The van der Waals surface area contributed by atoms with Crippen LogP contribution in [-0.4, -0.2) is 76.1 Å². The van der Waals surface area contributed by atoms with Gasteiger partial charge in [0.25, 0.3) is 0 Å². The number of esters is 1. The van der Waals surface area contributed by atoms with Crippen molar-refractivity contribution in [2.45, 2.75) is 115 Å². The maximum atomic E-state index is 14.3. The summed E-state index contributed by atoms with van der Waals surface area (Å²) in [4.78, 5) is 58.2. The van der Waals surface area contributed by atoms with E-state index in [1.165, 1.54) is 11.1 Å². The zero-order chi connectivity index (χ0) is 30.8. The van der Waals surface area contributed by atoms with Crippen LogP contribution in [0.5, 0.6) is 0 Å². The highest BCUT2D eigenvalue weighted by atomic mass is 16.6. The summed E-state index contributed by atoms with van der Waals surface area (Å²) in [7, 11) is 0. The summed E-state index contributed by atoms with van der Waals surface area (Å²) in [5.74, 6) is -1.23. The van der Waals surface area contributed by atoms with Gasteiger partial charge in [-0.1, -0.05) is 49.3 Å². The van der Waals surface area contributed by atoms with Gasteiger partial charge in [-0.2, -0.15) is 0 Å². The highest BCUT2D eigenvalue weighted by Gasteiger charge is 2.62. The number of nitrogens with zero attached hydrogens (tertiary/aromatic N) is 2. The van der Waals surface area contributed by atoms with E-state index in [9.17, 15) is 19.2 Å². The van der Waals surface area contributed by atoms with Gasteiger partial charge in [-0.15, -0.1) is 0 Å². The highest BCUT2D eigenvalue weighted by Crippen LogP contribution is 2.46. The van der Waals surface area contributed by atoms with Gasteiger partial charge in [-0.25, -0.2) is 9.59 Å². The Morgan fingerprint density at radius 3 is 2.49 bits per heavy atom. The number of rotatable bonds is 4. The Kier molecular flexibility index (Phi) is 9.15. The average molecular weight is 595 g/mol. The van der Waals surface area contributed by atoms with Crippen molar-refractivity contribution < 1.29 is 28.7 Å². The summed E-state index contributed by atoms with van der Waals surface area (Å²) in [6.45, 7) is 9.16.